The molecule has 0 atom stereocenters. The largest absolute Gasteiger partial charge is 0.493 e. The lowest BCUT2D eigenvalue weighted by atomic mass is 9.95. The standard InChI is InChI=1S/C25H42N6O4/c26-12-6-2-8-14-34-21-17-22(35-15-9-3-7-13-30-25(28)29)20(16-19(21)23(27)32)24(33)31-18-10-4-1-5-11-18/h16-18H,1-15,26H2,(H2,27,32)(H,31,33)(H4,28,29,30). The lowest BCUT2D eigenvalue weighted by Gasteiger charge is -2.24. The lowest BCUT2D eigenvalue weighted by molar-refractivity contribution is 0.0923. The number of hydrogen-bond donors (Lipinski definition) is 5. The molecule has 0 radical (unpaired) electrons. The highest BCUT2D eigenvalue weighted by molar-refractivity contribution is 6.02. The summed E-state index contributed by atoms with van der Waals surface area (Å²) in [5.41, 5.74) is 22.3. The van der Waals surface area contributed by atoms with E-state index in [4.69, 9.17) is 32.4 Å². The van der Waals surface area contributed by atoms with E-state index in [-0.39, 0.29) is 23.5 Å². The van der Waals surface area contributed by atoms with Gasteiger partial charge in [-0.1, -0.05) is 19.3 Å². The average Bonchev–Trinajstić information content (AvgIpc) is 2.83. The Morgan fingerprint density at radius 1 is 0.857 bits per heavy atom. The summed E-state index contributed by atoms with van der Waals surface area (Å²) in [6, 6.07) is 3.22. The van der Waals surface area contributed by atoms with E-state index in [0.29, 0.717) is 43.4 Å². The fourth-order valence-corrected chi connectivity index (χ4v) is 4.07. The van der Waals surface area contributed by atoms with Crippen molar-refractivity contribution in [3.63, 3.8) is 0 Å². The number of ether oxygens (including phenoxy) is 2. The van der Waals surface area contributed by atoms with Crippen LogP contribution in [0.15, 0.2) is 17.1 Å². The summed E-state index contributed by atoms with van der Waals surface area (Å²) in [5, 5.41) is 3.09. The van der Waals surface area contributed by atoms with Crippen molar-refractivity contribution < 1.29 is 19.1 Å². The number of carbonyl (C=O) groups is 2. The van der Waals surface area contributed by atoms with E-state index in [1.165, 1.54) is 12.5 Å². The van der Waals surface area contributed by atoms with Crippen LogP contribution in [0.25, 0.3) is 0 Å². The first-order chi connectivity index (χ1) is 16.9. The monoisotopic (exact) mass is 490 g/mol. The Hall–Kier alpha value is -3.01. The molecule has 0 spiro atoms. The number of nitrogens with one attached hydrogen (secondary N) is 1. The van der Waals surface area contributed by atoms with Gasteiger partial charge < -0.3 is 37.7 Å². The number of unbranched alkanes of at least 4 members (excludes halogenated alkanes) is 4. The van der Waals surface area contributed by atoms with Gasteiger partial charge in [0.05, 0.1) is 24.3 Å². The molecule has 0 saturated heterocycles. The Balaban J connectivity index is 2.13. The minimum absolute atomic E-state index is 0.0833. The number of hydrogen-bond acceptors (Lipinski definition) is 6. The molecule has 0 aliphatic heterocycles. The normalized spacial score (nSPS) is 13.7. The van der Waals surface area contributed by atoms with Crippen LogP contribution in [-0.4, -0.2) is 50.1 Å². The molecule has 1 aromatic carbocycles. The first-order valence-corrected chi connectivity index (χ1v) is 12.7. The molecule has 0 bridgehead atoms. The number of amides is 2. The second-order valence-corrected chi connectivity index (χ2v) is 8.93. The maximum absolute atomic E-state index is 13.2. The molecule has 10 heteroatoms. The van der Waals surface area contributed by atoms with E-state index in [2.05, 4.69) is 10.3 Å². The quantitative estimate of drug-likeness (QED) is 0.134. The Kier molecular flexibility index (Phi) is 12.7. The van der Waals surface area contributed by atoms with Crippen LogP contribution in [0.4, 0.5) is 0 Å². The van der Waals surface area contributed by atoms with Crippen molar-refractivity contribution >= 4 is 17.8 Å². The topological polar surface area (TPSA) is 181 Å². The van der Waals surface area contributed by atoms with E-state index in [1.54, 1.807) is 6.07 Å². The number of rotatable bonds is 16. The average molecular weight is 491 g/mol. The van der Waals surface area contributed by atoms with E-state index in [9.17, 15) is 9.59 Å². The zero-order chi connectivity index (χ0) is 25.5. The van der Waals surface area contributed by atoms with Crippen LogP contribution in [0.1, 0.15) is 91.3 Å². The zero-order valence-corrected chi connectivity index (χ0v) is 20.7. The van der Waals surface area contributed by atoms with Gasteiger partial charge in [0.2, 0.25) is 0 Å². The van der Waals surface area contributed by atoms with Crippen LogP contribution in [0.3, 0.4) is 0 Å². The number of benzene rings is 1. The Morgan fingerprint density at radius 2 is 1.49 bits per heavy atom. The third kappa shape index (κ3) is 10.4. The number of guanidine groups is 1. The van der Waals surface area contributed by atoms with E-state index in [1.807, 2.05) is 0 Å². The van der Waals surface area contributed by atoms with E-state index in [0.717, 1.165) is 64.2 Å². The molecule has 0 unspecified atom stereocenters. The van der Waals surface area contributed by atoms with Gasteiger partial charge in [0, 0.05) is 18.7 Å². The fraction of sp³-hybridized carbons (Fsp3) is 0.640. The van der Waals surface area contributed by atoms with Crippen LogP contribution in [-0.2, 0) is 0 Å². The maximum atomic E-state index is 13.2. The van der Waals surface area contributed by atoms with Gasteiger partial charge in [-0.25, -0.2) is 0 Å². The van der Waals surface area contributed by atoms with Gasteiger partial charge in [-0.05, 0) is 64.0 Å². The van der Waals surface area contributed by atoms with Gasteiger partial charge in [-0.3, -0.25) is 14.6 Å². The summed E-state index contributed by atoms with van der Waals surface area (Å²) in [6.45, 7) is 2.00. The van der Waals surface area contributed by atoms with Crippen molar-refractivity contribution in [2.24, 2.45) is 27.9 Å². The molecule has 0 heterocycles. The number of primary amides is 1. The molecule has 9 N–H and O–H groups in total. The summed E-state index contributed by atoms with van der Waals surface area (Å²) in [7, 11) is 0. The highest BCUT2D eigenvalue weighted by Crippen LogP contribution is 2.30. The molecular weight excluding hydrogens is 448 g/mol. The Morgan fingerprint density at radius 3 is 2.09 bits per heavy atom. The number of nitrogens with zero attached hydrogens (tertiary/aromatic N) is 1. The van der Waals surface area contributed by atoms with Gasteiger partial charge in [0.15, 0.2) is 5.96 Å². The molecule has 2 rings (SSSR count). The third-order valence-electron chi connectivity index (χ3n) is 5.99. The summed E-state index contributed by atoms with van der Waals surface area (Å²) in [6.07, 6.45) is 10.4. The van der Waals surface area contributed by atoms with Crippen molar-refractivity contribution in [2.75, 3.05) is 26.3 Å². The molecule has 1 fully saturated rings. The molecular formula is C25H42N6O4. The molecule has 10 nitrogen and oxygen atoms in total. The van der Waals surface area contributed by atoms with Gasteiger partial charge >= 0.3 is 0 Å². The Bertz CT molecular complexity index is 835. The molecule has 1 aromatic rings. The molecule has 35 heavy (non-hydrogen) atoms. The van der Waals surface area contributed by atoms with Crippen LogP contribution in [0, 0.1) is 0 Å². The van der Waals surface area contributed by atoms with Crippen LogP contribution < -0.4 is 37.7 Å². The molecule has 2 amide bonds. The predicted molar refractivity (Wildman–Crippen MR) is 138 cm³/mol. The van der Waals surface area contributed by atoms with Crippen molar-refractivity contribution in [3.05, 3.63) is 23.3 Å². The lowest BCUT2D eigenvalue weighted by Crippen LogP contribution is -2.36. The summed E-state index contributed by atoms with van der Waals surface area (Å²) in [4.78, 5) is 29.3. The van der Waals surface area contributed by atoms with Crippen LogP contribution in [0.5, 0.6) is 11.5 Å². The summed E-state index contributed by atoms with van der Waals surface area (Å²) < 4.78 is 11.9. The summed E-state index contributed by atoms with van der Waals surface area (Å²) >= 11 is 0. The maximum Gasteiger partial charge on any atom is 0.255 e. The summed E-state index contributed by atoms with van der Waals surface area (Å²) in [5.74, 6) is -0.136. The van der Waals surface area contributed by atoms with Crippen molar-refractivity contribution in [3.8, 4) is 11.5 Å². The third-order valence-corrected chi connectivity index (χ3v) is 5.99. The minimum Gasteiger partial charge on any atom is -0.493 e. The molecule has 196 valence electrons. The smallest absolute Gasteiger partial charge is 0.255 e. The van der Waals surface area contributed by atoms with Gasteiger partial charge in [0.25, 0.3) is 11.8 Å². The van der Waals surface area contributed by atoms with Crippen molar-refractivity contribution in [2.45, 2.75) is 76.7 Å². The number of carbonyl (C=O) groups excluding carboxylic acids is 2. The second kappa shape index (κ2) is 15.8. The zero-order valence-electron chi connectivity index (χ0n) is 20.7. The van der Waals surface area contributed by atoms with Crippen LogP contribution >= 0.6 is 0 Å². The van der Waals surface area contributed by atoms with Crippen molar-refractivity contribution in [1.82, 2.24) is 5.32 Å². The highest BCUT2D eigenvalue weighted by Gasteiger charge is 2.23. The predicted octanol–water partition coefficient (Wildman–Crippen LogP) is 2.18. The molecule has 1 saturated carbocycles. The molecule has 0 aromatic heterocycles. The van der Waals surface area contributed by atoms with E-state index >= 15 is 0 Å². The SMILES string of the molecule is NCCCCCOc1cc(OCCCCCN=C(N)N)c(C(=O)NC2CCCCC2)cc1C(N)=O. The van der Waals surface area contributed by atoms with E-state index < -0.39 is 5.91 Å². The molecule has 1 aliphatic carbocycles. The van der Waals surface area contributed by atoms with Gasteiger partial charge in [-0.2, -0.15) is 0 Å². The number of nitrogens with two attached hydrogens (primary N) is 4. The number of aliphatic imine (C=N–C) groups is 1. The molecule has 1 aliphatic rings. The van der Waals surface area contributed by atoms with Gasteiger partial charge in [0.1, 0.15) is 11.5 Å². The first kappa shape index (κ1) is 28.2. The minimum atomic E-state index is -0.653. The van der Waals surface area contributed by atoms with Crippen molar-refractivity contribution in [1.29, 1.82) is 0 Å². The second-order valence-electron chi connectivity index (χ2n) is 8.93. The van der Waals surface area contributed by atoms with Gasteiger partial charge in [-0.15, -0.1) is 0 Å². The fourth-order valence-electron chi connectivity index (χ4n) is 4.07. The Labute approximate surface area is 208 Å². The highest BCUT2D eigenvalue weighted by atomic mass is 16.5. The van der Waals surface area contributed by atoms with Crippen LogP contribution in [0.2, 0.25) is 0 Å². The first-order valence-electron chi connectivity index (χ1n) is 12.7.